The van der Waals surface area contributed by atoms with E-state index in [1.807, 2.05) is 12.1 Å². The lowest BCUT2D eigenvalue weighted by Crippen LogP contribution is -2.46. The van der Waals surface area contributed by atoms with Crippen molar-refractivity contribution in [2.24, 2.45) is 23.7 Å². The van der Waals surface area contributed by atoms with Crippen molar-refractivity contribution in [3.63, 3.8) is 0 Å². The van der Waals surface area contributed by atoms with Gasteiger partial charge in [0.15, 0.2) is 0 Å². The van der Waals surface area contributed by atoms with Crippen LogP contribution in [0.15, 0.2) is 60.7 Å². The highest BCUT2D eigenvalue weighted by atomic mass is 16.6. The van der Waals surface area contributed by atoms with E-state index in [1.165, 1.54) is 0 Å². The van der Waals surface area contributed by atoms with Gasteiger partial charge in [-0.2, -0.15) is 0 Å². The van der Waals surface area contributed by atoms with Gasteiger partial charge >= 0.3 is 11.9 Å². The molecule has 148 valence electrons. The summed E-state index contributed by atoms with van der Waals surface area (Å²) in [6.07, 6.45) is 1.08. The standard InChI is InChI=1S/C24H22O5/c25-19-12-11-16-17-13-18(20(16)19)22(29-24(27)15-9-5-2-6-10-15)21(17)28-23(26)14-7-3-1-4-8-14/h1-10,16-18,20-22H,11-13H2/t16?,17?,18?,20?,21-,22+/m0/s1. The van der Waals surface area contributed by atoms with Crippen LogP contribution in [0.1, 0.15) is 40.0 Å². The van der Waals surface area contributed by atoms with E-state index in [4.69, 9.17) is 9.47 Å². The van der Waals surface area contributed by atoms with Gasteiger partial charge in [0.25, 0.3) is 0 Å². The molecule has 3 aliphatic carbocycles. The van der Waals surface area contributed by atoms with Gasteiger partial charge in [-0.25, -0.2) is 9.59 Å². The normalized spacial score (nSPS) is 32.1. The van der Waals surface area contributed by atoms with Gasteiger partial charge in [-0.3, -0.25) is 4.79 Å². The Balaban J connectivity index is 1.41. The molecule has 3 aliphatic rings. The number of benzene rings is 2. The van der Waals surface area contributed by atoms with Crippen LogP contribution in [-0.4, -0.2) is 29.9 Å². The molecule has 4 unspecified atom stereocenters. The molecule has 0 N–H and O–H groups in total. The Morgan fingerprint density at radius 2 is 1.24 bits per heavy atom. The van der Waals surface area contributed by atoms with E-state index in [9.17, 15) is 14.4 Å². The number of rotatable bonds is 4. The molecule has 0 amide bonds. The Morgan fingerprint density at radius 3 is 1.79 bits per heavy atom. The minimum Gasteiger partial charge on any atom is -0.455 e. The molecule has 3 fully saturated rings. The van der Waals surface area contributed by atoms with Crippen LogP contribution in [0.25, 0.3) is 0 Å². The Hall–Kier alpha value is -2.95. The van der Waals surface area contributed by atoms with Crippen molar-refractivity contribution < 1.29 is 23.9 Å². The SMILES string of the molecule is O=C(O[C@@H]1C2CC(C3CCC(=O)C32)[C@@H]1OC(=O)c1ccccc1)c1ccccc1. The van der Waals surface area contributed by atoms with E-state index >= 15 is 0 Å². The van der Waals surface area contributed by atoms with E-state index in [0.717, 1.165) is 12.8 Å². The minimum atomic E-state index is -0.580. The smallest absolute Gasteiger partial charge is 0.338 e. The lowest BCUT2D eigenvalue weighted by atomic mass is 9.78. The van der Waals surface area contributed by atoms with Gasteiger partial charge < -0.3 is 9.47 Å². The fourth-order valence-corrected chi connectivity index (χ4v) is 5.61. The molecule has 2 bridgehead atoms. The molecule has 0 spiro atoms. The first-order valence-corrected chi connectivity index (χ1v) is 10.2. The van der Waals surface area contributed by atoms with Gasteiger partial charge in [-0.15, -0.1) is 0 Å². The highest BCUT2D eigenvalue weighted by molar-refractivity contribution is 5.91. The predicted molar refractivity (Wildman–Crippen MR) is 104 cm³/mol. The summed E-state index contributed by atoms with van der Waals surface area (Å²) in [5.41, 5.74) is 0.931. The largest absolute Gasteiger partial charge is 0.455 e. The van der Waals surface area contributed by atoms with Crippen LogP contribution in [0.3, 0.4) is 0 Å². The number of carbonyl (C=O) groups excluding carboxylic acids is 3. The van der Waals surface area contributed by atoms with E-state index in [1.54, 1.807) is 48.5 Å². The van der Waals surface area contributed by atoms with Crippen molar-refractivity contribution in [2.45, 2.75) is 31.5 Å². The minimum absolute atomic E-state index is 0.0673. The number of fused-ring (bicyclic) bond motifs is 5. The van der Waals surface area contributed by atoms with Crippen molar-refractivity contribution >= 4 is 17.7 Å². The van der Waals surface area contributed by atoms with Gasteiger partial charge in [-0.1, -0.05) is 36.4 Å². The van der Waals surface area contributed by atoms with E-state index in [0.29, 0.717) is 17.5 Å². The second-order valence-corrected chi connectivity index (χ2v) is 8.23. The lowest BCUT2D eigenvalue weighted by Gasteiger charge is -2.36. The third-order valence-electron chi connectivity index (χ3n) is 6.79. The summed E-state index contributed by atoms with van der Waals surface area (Å²) in [6.45, 7) is 0. The maximum atomic E-state index is 12.7. The fourth-order valence-electron chi connectivity index (χ4n) is 5.61. The second-order valence-electron chi connectivity index (χ2n) is 8.23. The summed E-state index contributed by atoms with van der Waals surface area (Å²) in [5, 5.41) is 0. The zero-order chi connectivity index (χ0) is 20.0. The molecule has 0 aromatic heterocycles. The first kappa shape index (κ1) is 18.1. The Labute approximate surface area is 169 Å². The number of hydrogen-bond donors (Lipinski definition) is 0. The average molecular weight is 390 g/mol. The summed E-state index contributed by atoms with van der Waals surface area (Å²) in [7, 11) is 0. The first-order chi connectivity index (χ1) is 14.1. The summed E-state index contributed by atoms with van der Waals surface area (Å²) in [4.78, 5) is 37.9. The van der Waals surface area contributed by atoms with E-state index in [2.05, 4.69) is 0 Å². The van der Waals surface area contributed by atoms with Gasteiger partial charge in [0.1, 0.15) is 18.0 Å². The summed E-state index contributed by atoms with van der Waals surface area (Å²) >= 11 is 0. The zero-order valence-corrected chi connectivity index (χ0v) is 15.9. The Bertz CT molecular complexity index is 938. The molecular weight excluding hydrogens is 368 g/mol. The van der Waals surface area contributed by atoms with Crippen LogP contribution in [0.2, 0.25) is 0 Å². The molecule has 5 rings (SSSR count). The quantitative estimate of drug-likeness (QED) is 0.745. The molecule has 3 saturated carbocycles. The molecule has 0 heterocycles. The number of Topliss-reactive ketones (excluding diaryl/α,β-unsaturated/α-hetero) is 1. The molecule has 2 aromatic carbocycles. The summed E-state index contributed by atoms with van der Waals surface area (Å²) in [6, 6.07) is 17.6. The van der Waals surface area contributed by atoms with E-state index in [-0.39, 0.29) is 29.5 Å². The van der Waals surface area contributed by atoms with Crippen molar-refractivity contribution in [2.75, 3.05) is 0 Å². The summed E-state index contributed by atoms with van der Waals surface area (Å²) < 4.78 is 11.8. The number of ether oxygens (including phenoxy) is 2. The van der Waals surface area contributed by atoms with Crippen LogP contribution >= 0.6 is 0 Å². The molecule has 2 aromatic rings. The Morgan fingerprint density at radius 1 is 0.724 bits per heavy atom. The topological polar surface area (TPSA) is 69.7 Å². The monoisotopic (exact) mass is 390 g/mol. The third-order valence-corrected chi connectivity index (χ3v) is 6.79. The highest BCUT2D eigenvalue weighted by Gasteiger charge is 2.64. The molecule has 5 heteroatoms. The maximum Gasteiger partial charge on any atom is 0.338 e. The molecule has 0 radical (unpaired) electrons. The first-order valence-electron chi connectivity index (χ1n) is 10.2. The van der Waals surface area contributed by atoms with Crippen molar-refractivity contribution in [3.05, 3.63) is 71.8 Å². The molecule has 0 aliphatic heterocycles. The Kier molecular flexibility index (Phi) is 4.46. The van der Waals surface area contributed by atoms with Gasteiger partial charge in [0, 0.05) is 24.2 Å². The highest BCUT2D eigenvalue weighted by Crippen LogP contribution is 2.59. The molecule has 6 atom stereocenters. The predicted octanol–water partition coefficient (Wildman–Crippen LogP) is 3.68. The average Bonchev–Trinajstić information content (AvgIpc) is 3.42. The van der Waals surface area contributed by atoms with Gasteiger partial charge in [0.2, 0.25) is 0 Å². The van der Waals surface area contributed by atoms with Crippen LogP contribution in [0.4, 0.5) is 0 Å². The van der Waals surface area contributed by atoms with Crippen LogP contribution in [0.5, 0.6) is 0 Å². The number of hydrogen-bond acceptors (Lipinski definition) is 5. The zero-order valence-electron chi connectivity index (χ0n) is 15.9. The van der Waals surface area contributed by atoms with Crippen molar-refractivity contribution in [3.8, 4) is 0 Å². The molecule has 0 saturated heterocycles. The number of ketones is 1. The molecular formula is C24H22O5. The van der Waals surface area contributed by atoms with Gasteiger partial charge in [-0.05, 0) is 43.0 Å². The lowest BCUT2D eigenvalue weighted by molar-refractivity contribution is -0.127. The molecule has 29 heavy (non-hydrogen) atoms. The van der Waals surface area contributed by atoms with Crippen molar-refractivity contribution in [1.29, 1.82) is 0 Å². The molecule has 5 nitrogen and oxygen atoms in total. The number of carbonyl (C=O) groups is 3. The maximum absolute atomic E-state index is 12.7. The van der Waals surface area contributed by atoms with Crippen LogP contribution in [-0.2, 0) is 14.3 Å². The third kappa shape index (κ3) is 3.05. The van der Waals surface area contributed by atoms with Gasteiger partial charge in [0.05, 0.1) is 11.1 Å². The van der Waals surface area contributed by atoms with Crippen LogP contribution in [0, 0.1) is 23.7 Å². The number of esters is 2. The summed E-state index contributed by atoms with van der Waals surface area (Å²) in [5.74, 6) is -0.432. The van der Waals surface area contributed by atoms with Crippen molar-refractivity contribution in [1.82, 2.24) is 0 Å². The van der Waals surface area contributed by atoms with E-state index < -0.39 is 24.1 Å². The van der Waals surface area contributed by atoms with Crippen LogP contribution < -0.4 is 0 Å². The fraction of sp³-hybridized carbons (Fsp3) is 0.375. The second kappa shape index (κ2) is 7.14.